The van der Waals surface area contributed by atoms with Gasteiger partial charge in [-0.2, -0.15) is 4.98 Å². The fourth-order valence-electron chi connectivity index (χ4n) is 2.23. The average Bonchev–Trinajstić information content (AvgIpc) is 2.96. The lowest BCUT2D eigenvalue weighted by Gasteiger charge is -2.22. The van der Waals surface area contributed by atoms with E-state index in [0.717, 1.165) is 25.0 Å². The first-order valence-corrected chi connectivity index (χ1v) is 8.19. The second kappa shape index (κ2) is 7.37. The molecule has 0 bridgehead atoms. The van der Waals surface area contributed by atoms with E-state index < -0.39 is 11.7 Å². The summed E-state index contributed by atoms with van der Waals surface area (Å²) < 4.78 is 6.95. The molecule has 8 heteroatoms. The zero-order valence-electron chi connectivity index (χ0n) is 15.0. The SMILES string of the molecule is CCCN(CC)c1nc(NNC(=O)OC(C)(C)C)c2cccn2n1. The minimum absolute atomic E-state index is 0.519. The van der Waals surface area contributed by atoms with Gasteiger partial charge in [-0.05, 0) is 46.2 Å². The minimum Gasteiger partial charge on any atom is -0.443 e. The van der Waals surface area contributed by atoms with Crippen molar-refractivity contribution in [3.63, 3.8) is 0 Å². The normalized spacial score (nSPS) is 11.4. The van der Waals surface area contributed by atoms with Crippen LogP contribution in [0.4, 0.5) is 16.6 Å². The summed E-state index contributed by atoms with van der Waals surface area (Å²) in [5.41, 5.74) is 5.56. The Balaban J connectivity index is 2.22. The molecule has 0 unspecified atom stereocenters. The number of carbonyl (C=O) groups excluding carboxylic acids is 1. The summed E-state index contributed by atoms with van der Waals surface area (Å²) in [6.45, 7) is 11.3. The molecule has 0 radical (unpaired) electrons. The zero-order chi connectivity index (χ0) is 17.7. The van der Waals surface area contributed by atoms with Crippen molar-refractivity contribution < 1.29 is 9.53 Å². The molecule has 2 N–H and O–H groups in total. The molecule has 0 aliphatic heterocycles. The van der Waals surface area contributed by atoms with E-state index in [1.165, 1.54) is 0 Å². The smallest absolute Gasteiger partial charge is 0.426 e. The number of amides is 1. The number of nitrogens with zero attached hydrogens (tertiary/aromatic N) is 4. The van der Waals surface area contributed by atoms with Crippen LogP contribution < -0.4 is 15.8 Å². The number of fused-ring (bicyclic) bond motifs is 1. The molecule has 8 nitrogen and oxygen atoms in total. The Morgan fingerprint density at radius 1 is 1.38 bits per heavy atom. The van der Waals surface area contributed by atoms with Crippen LogP contribution in [0, 0.1) is 0 Å². The van der Waals surface area contributed by atoms with Gasteiger partial charge in [-0.15, -0.1) is 5.10 Å². The molecule has 0 aliphatic rings. The topological polar surface area (TPSA) is 83.8 Å². The largest absolute Gasteiger partial charge is 0.443 e. The van der Waals surface area contributed by atoms with E-state index in [4.69, 9.17) is 4.74 Å². The van der Waals surface area contributed by atoms with Gasteiger partial charge < -0.3 is 9.64 Å². The molecule has 0 atom stereocenters. The quantitative estimate of drug-likeness (QED) is 0.790. The number of aromatic nitrogens is 3. The number of hydrogen-bond acceptors (Lipinski definition) is 6. The molecule has 0 spiro atoms. The molecule has 132 valence electrons. The van der Waals surface area contributed by atoms with Crippen molar-refractivity contribution in [1.82, 2.24) is 20.0 Å². The number of ether oxygens (including phenoxy) is 1. The Labute approximate surface area is 142 Å². The van der Waals surface area contributed by atoms with Crippen LogP contribution >= 0.6 is 0 Å². The lowest BCUT2D eigenvalue weighted by Crippen LogP contribution is -2.36. The predicted octanol–water partition coefficient (Wildman–Crippen LogP) is 2.82. The van der Waals surface area contributed by atoms with Gasteiger partial charge in [0.1, 0.15) is 11.1 Å². The second-order valence-electron chi connectivity index (χ2n) is 6.43. The van der Waals surface area contributed by atoms with E-state index in [-0.39, 0.29) is 0 Å². The van der Waals surface area contributed by atoms with Gasteiger partial charge in [0.05, 0.1) is 0 Å². The number of carbonyl (C=O) groups is 1. The Hall–Kier alpha value is -2.51. The maximum Gasteiger partial charge on any atom is 0.426 e. The monoisotopic (exact) mass is 334 g/mol. The second-order valence-corrected chi connectivity index (χ2v) is 6.43. The fourth-order valence-corrected chi connectivity index (χ4v) is 2.23. The number of nitrogens with one attached hydrogen (secondary N) is 2. The van der Waals surface area contributed by atoms with Gasteiger partial charge in [0.25, 0.3) is 0 Å². The van der Waals surface area contributed by atoms with Crippen molar-refractivity contribution in [3.8, 4) is 0 Å². The highest BCUT2D eigenvalue weighted by Gasteiger charge is 2.17. The molecular weight excluding hydrogens is 308 g/mol. The van der Waals surface area contributed by atoms with Crippen molar-refractivity contribution in [2.45, 2.75) is 46.6 Å². The van der Waals surface area contributed by atoms with Gasteiger partial charge in [0, 0.05) is 19.3 Å². The molecule has 2 rings (SSSR count). The maximum absolute atomic E-state index is 11.8. The fraction of sp³-hybridized carbons (Fsp3) is 0.562. The molecule has 0 aromatic carbocycles. The van der Waals surface area contributed by atoms with Crippen LogP contribution in [0.15, 0.2) is 18.3 Å². The zero-order valence-corrected chi connectivity index (χ0v) is 15.0. The van der Waals surface area contributed by atoms with Crippen molar-refractivity contribution in [3.05, 3.63) is 18.3 Å². The number of rotatable bonds is 6. The lowest BCUT2D eigenvalue weighted by atomic mass is 10.2. The van der Waals surface area contributed by atoms with Crippen LogP contribution in [0.3, 0.4) is 0 Å². The van der Waals surface area contributed by atoms with Crippen LogP contribution in [0.25, 0.3) is 5.52 Å². The first-order valence-electron chi connectivity index (χ1n) is 8.19. The summed E-state index contributed by atoms with van der Waals surface area (Å²) in [6, 6.07) is 3.75. The lowest BCUT2D eigenvalue weighted by molar-refractivity contribution is 0.0541. The highest BCUT2D eigenvalue weighted by molar-refractivity contribution is 5.74. The highest BCUT2D eigenvalue weighted by atomic mass is 16.6. The van der Waals surface area contributed by atoms with Gasteiger partial charge in [0.15, 0.2) is 5.82 Å². The molecule has 24 heavy (non-hydrogen) atoms. The maximum atomic E-state index is 11.8. The molecule has 0 fully saturated rings. The first kappa shape index (κ1) is 17.8. The summed E-state index contributed by atoms with van der Waals surface area (Å²) in [7, 11) is 0. The molecule has 0 saturated heterocycles. The summed E-state index contributed by atoms with van der Waals surface area (Å²) in [4.78, 5) is 18.5. The Bertz CT molecular complexity index is 691. The van der Waals surface area contributed by atoms with E-state index in [9.17, 15) is 4.79 Å². The molecule has 0 aliphatic carbocycles. The van der Waals surface area contributed by atoms with Gasteiger partial charge in [-0.3, -0.25) is 5.43 Å². The summed E-state index contributed by atoms with van der Waals surface area (Å²) in [6.07, 6.45) is 2.28. The number of hydrogen-bond donors (Lipinski definition) is 2. The Morgan fingerprint density at radius 2 is 2.12 bits per heavy atom. The summed E-state index contributed by atoms with van der Waals surface area (Å²) >= 11 is 0. The summed E-state index contributed by atoms with van der Waals surface area (Å²) in [5, 5.41) is 4.52. The van der Waals surface area contributed by atoms with Crippen molar-refractivity contribution in [2.75, 3.05) is 23.4 Å². The Kier molecular flexibility index (Phi) is 5.48. The average molecular weight is 334 g/mol. The number of hydrazine groups is 1. The van der Waals surface area contributed by atoms with Crippen molar-refractivity contribution in [1.29, 1.82) is 0 Å². The third kappa shape index (κ3) is 4.50. The Morgan fingerprint density at radius 3 is 2.75 bits per heavy atom. The van der Waals surface area contributed by atoms with E-state index in [1.54, 1.807) is 4.52 Å². The first-order chi connectivity index (χ1) is 11.3. The molecule has 2 heterocycles. The van der Waals surface area contributed by atoms with Crippen LogP contribution in [-0.2, 0) is 4.74 Å². The highest BCUT2D eigenvalue weighted by Crippen LogP contribution is 2.18. The molecular formula is C16H26N6O2. The summed E-state index contributed by atoms with van der Waals surface area (Å²) in [5.74, 6) is 1.13. The van der Waals surface area contributed by atoms with Crippen LogP contribution in [-0.4, -0.2) is 39.4 Å². The van der Waals surface area contributed by atoms with Crippen molar-refractivity contribution in [2.24, 2.45) is 0 Å². The minimum atomic E-state index is -0.562. The molecule has 1 amide bonds. The molecule has 2 aromatic heterocycles. The molecule has 2 aromatic rings. The van der Waals surface area contributed by atoms with E-state index in [1.807, 2.05) is 39.1 Å². The van der Waals surface area contributed by atoms with Crippen LogP contribution in [0.1, 0.15) is 41.0 Å². The van der Waals surface area contributed by atoms with Gasteiger partial charge in [-0.1, -0.05) is 6.92 Å². The van der Waals surface area contributed by atoms with Crippen molar-refractivity contribution >= 4 is 23.4 Å². The van der Waals surface area contributed by atoms with Crippen LogP contribution in [0.5, 0.6) is 0 Å². The standard InChI is InChI=1S/C16H26N6O2/c1-6-10-21(7-2)14-17-13(12-9-8-11-22(12)20-14)18-19-15(23)24-16(3,4)5/h8-9,11H,6-7,10H2,1-5H3,(H,19,23)(H,17,18,20). The predicted molar refractivity (Wildman–Crippen MR) is 94.2 cm³/mol. The number of anilines is 2. The van der Waals surface area contributed by atoms with Gasteiger partial charge in [0.2, 0.25) is 5.95 Å². The van der Waals surface area contributed by atoms with E-state index in [0.29, 0.717) is 11.8 Å². The van der Waals surface area contributed by atoms with E-state index >= 15 is 0 Å². The van der Waals surface area contributed by atoms with Gasteiger partial charge >= 0.3 is 6.09 Å². The van der Waals surface area contributed by atoms with Gasteiger partial charge in [-0.25, -0.2) is 14.7 Å². The third-order valence-corrected chi connectivity index (χ3v) is 3.22. The van der Waals surface area contributed by atoms with Crippen LogP contribution in [0.2, 0.25) is 0 Å². The molecule has 0 saturated carbocycles. The van der Waals surface area contributed by atoms with E-state index in [2.05, 4.69) is 39.7 Å². The third-order valence-electron chi connectivity index (χ3n) is 3.22.